The molecule has 1 fully saturated rings. The molecule has 1 aliphatic heterocycles. The normalized spacial score (nSPS) is 20.4. The number of ether oxygens (including phenoxy) is 1. The average Bonchev–Trinajstić information content (AvgIpc) is 3.56. The fourth-order valence-corrected chi connectivity index (χ4v) is 6.54. The van der Waals surface area contributed by atoms with Gasteiger partial charge in [0, 0.05) is 41.4 Å². The topological polar surface area (TPSA) is 101 Å². The van der Waals surface area contributed by atoms with E-state index in [1.165, 1.54) is 16.3 Å². The van der Waals surface area contributed by atoms with Gasteiger partial charge in [-0.3, -0.25) is 0 Å². The summed E-state index contributed by atoms with van der Waals surface area (Å²) in [6.07, 6.45) is 7.13. The number of nitrogens with one attached hydrogen (secondary N) is 1. The number of hydrogen-bond donors (Lipinski definition) is 2. The van der Waals surface area contributed by atoms with Crippen molar-refractivity contribution in [2.75, 3.05) is 23.9 Å². The molecular weight excluding hydrogens is 486 g/mol. The highest BCUT2D eigenvalue weighted by molar-refractivity contribution is 7.11. The Kier molecular flexibility index (Phi) is 6.56. The van der Waals surface area contributed by atoms with Crippen LogP contribution >= 0.6 is 11.3 Å². The number of aliphatic hydroxyl groups is 1. The number of methoxy groups -OCH3 is 1. The first-order chi connectivity index (χ1) is 18.0. The van der Waals surface area contributed by atoms with Crippen molar-refractivity contribution in [1.82, 2.24) is 24.6 Å². The molecule has 4 aromatic rings. The number of aliphatic hydroxyl groups excluding tert-OH is 1. The molecule has 4 aromatic heterocycles. The van der Waals surface area contributed by atoms with Gasteiger partial charge in [-0.25, -0.2) is 19.5 Å². The number of pyridine rings is 1. The zero-order valence-electron chi connectivity index (χ0n) is 21.5. The van der Waals surface area contributed by atoms with E-state index in [0.29, 0.717) is 18.5 Å². The number of aryl methyl sites for hydroxylation is 1. The van der Waals surface area contributed by atoms with Crippen molar-refractivity contribution in [2.45, 2.75) is 70.7 Å². The maximum Gasteiger partial charge on any atom is 0.241 e. The third kappa shape index (κ3) is 4.81. The van der Waals surface area contributed by atoms with E-state index in [0.717, 1.165) is 66.2 Å². The van der Waals surface area contributed by atoms with E-state index < -0.39 is 0 Å². The minimum atomic E-state index is -0.201. The highest BCUT2D eigenvalue weighted by atomic mass is 32.1. The van der Waals surface area contributed by atoms with E-state index in [1.54, 1.807) is 18.4 Å². The number of fused-ring (bicyclic) bond motifs is 2. The molecular formula is C27H33N7O2S. The lowest BCUT2D eigenvalue weighted by atomic mass is 9.85. The van der Waals surface area contributed by atoms with Crippen LogP contribution in [0, 0.1) is 6.92 Å². The lowest BCUT2D eigenvalue weighted by Gasteiger charge is -2.25. The molecule has 37 heavy (non-hydrogen) atoms. The van der Waals surface area contributed by atoms with E-state index in [4.69, 9.17) is 14.8 Å². The lowest BCUT2D eigenvalue weighted by molar-refractivity contribution is 0.121. The van der Waals surface area contributed by atoms with Crippen molar-refractivity contribution in [3.05, 3.63) is 51.9 Å². The largest absolute Gasteiger partial charge is 0.393 e. The van der Waals surface area contributed by atoms with Crippen LogP contribution in [0.25, 0.3) is 16.6 Å². The molecule has 1 saturated carbocycles. The molecule has 10 heteroatoms. The van der Waals surface area contributed by atoms with Gasteiger partial charge in [-0.2, -0.15) is 0 Å². The van der Waals surface area contributed by atoms with Gasteiger partial charge >= 0.3 is 0 Å². The summed E-state index contributed by atoms with van der Waals surface area (Å²) in [6.45, 7) is 6.33. The first-order valence-electron chi connectivity index (χ1n) is 13.0. The molecule has 0 aromatic carbocycles. The van der Waals surface area contributed by atoms with Crippen LogP contribution in [0.15, 0.2) is 30.6 Å². The Morgan fingerprint density at radius 1 is 1.19 bits per heavy atom. The van der Waals surface area contributed by atoms with Crippen molar-refractivity contribution < 1.29 is 9.84 Å². The van der Waals surface area contributed by atoms with Gasteiger partial charge in [0.25, 0.3) is 0 Å². The molecule has 2 aliphatic rings. The van der Waals surface area contributed by atoms with Gasteiger partial charge in [-0.15, -0.1) is 16.4 Å². The van der Waals surface area contributed by atoms with E-state index >= 15 is 0 Å². The van der Waals surface area contributed by atoms with Crippen LogP contribution in [0.5, 0.6) is 0 Å². The van der Waals surface area contributed by atoms with Crippen LogP contribution < -0.4 is 10.2 Å². The zero-order valence-corrected chi connectivity index (χ0v) is 22.3. The highest BCUT2D eigenvalue weighted by Crippen LogP contribution is 2.39. The standard InChI is InChI=1S/C27H33N7O2S/c1-16(15-36-3)30-27-29-12-24-21(11-23(34(24)32-27)18-4-6-20(35)7-5-18)19-8-9-28-26(10-19)33-13-22-25(14-33)37-17(2)31-22/h8-12,16,18,20,35H,4-7,13-15H2,1-3H3,(H,30,32)/t16-,18-,20-/m0/s1. The number of aromatic nitrogens is 5. The van der Waals surface area contributed by atoms with Crippen molar-refractivity contribution >= 4 is 28.6 Å². The molecule has 1 aliphatic carbocycles. The van der Waals surface area contributed by atoms with Crippen LogP contribution in [-0.4, -0.2) is 55.5 Å². The number of thiazole rings is 1. The molecule has 9 nitrogen and oxygen atoms in total. The molecule has 0 unspecified atom stereocenters. The summed E-state index contributed by atoms with van der Waals surface area (Å²) in [7, 11) is 1.69. The molecule has 0 spiro atoms. The van der Waals surface area contributed by atoms with Gasteiger partial charge < -0.3 is 20.1 Å². The number of nitrogens with zero attached hydrogens (tertiary/aromatic N) is 6. The summed E-state index contributed by atoms with van der Waals surface area (Å²) < 4.78 is 7.32. The van der Waals surface area contributed by atoms with Crippen LogP contribution in [0.2, 0.25) is 0 Å². The van der Waals surface area contributed by atoms with Crippen LogP contribution in [0.3, 0.4) is 0 Å². The Bertz CT molecular complexity index is 1390. The quantitative estimate of drug-likeness (QED) is 0.367. The second-order valence-electron chi connectivity index (χ2n) is 10.2. The predicted octanol–water partition coefficient (Wildman–Crippen LogP) is 4.54. The third-order valence-electron chi connectivity index (χ3n) is 7.39. The SMILES string of the molecule is COC[C@H](C)Nc1ncc2c(-c3ccnc(N4Cc5nc(C)sc5C4)c3)cc([C@H]3CC[C@H](O)CC3)n2n1. The van der Waals surface area contributed by atoms with Crippen molar-refractivity contribution in [2.24, 2.45) is 0 Å². The maximum atomic E-state index is 10.1. The van der Waals surface area contributed by atoms with Crippen LogP contribution in [0.4, 0.5) is 11.8 Å². The number of hydrogen-bond acceptors (Lipinski definition) is 9. The van der Waals surface area contributed by atoms with Gasteiger partial charge in [0.1, 0.15) is 5.82 Å². The second-order valence-corrected chi connectivity index (χ2v) is 11.5. The van der Waals surface area contributed by atoms with Gasteiger partial charge in [0.2, 0.25) is 5.95 Å². The minimum Gasteiger partial charge on any atom is -0.393 e. The number of anilines is 2. The van der Waals surface area contributed by atoms with E-state index in [-0.39, 0.29) is 12.1 Å². The second kappa shape index (κ2) is 10.00. The fraction of sp³-hybridized carbons (Fsp3) is 0.481. The average molecular weight is 520 g/mol. The summed E-state index contributed by atoms with van der Waals surface area (Å²) in [5.41, 5.74) is 5.51. The van der Waals surface area contributed by atoms with Crippen LogP contribution in [0.1, 0.15) is 59.8 Å². The van der Waals surface area contributed by atoms with Crippen molar-refractivity contribution in [3.63, 3.8) is 0 Å². The Labute approximate surface area is 220 Å². The molecule has 6 rings (SSSR count). The Hall–Kier alpha value is -3.08. The Morgan fingerprint density at radius 3 is 2.81 bits per heavy atom. The molecule has 194 valence electrons. The lowest BCUT2D eigenvalue weighted by Crippen LogP contribution is -2.23. The molecule has 2 N–H and O–H groups in total. The first-order valence-corrected chi connectivity index (χ1v) is 13.8. The molecule has 0 radical (unpaired) electrons. The van der Waals surface area contributed by atoms with E-state index in [9.17, 15) is 5.11 Å². The molecule has 0 saturated heterocycles. The molecule has 5 heterocycles. The van der Waals surface area contributed by atoms with Gasteiger partial charge in [-0.05, 0) is 63.3 Å². The molecule has 0 bridgehead atoms. The monoisotopic (exact) mass is 519 g/mol. The van der Waals surface area contributed by atoms with Crippen molar-refractivity contribution in [1.29, 1.82) is 0 Å². The first kappa shape index (κ1) is 24.3. The summed E-state index contributed by atoms with van der Waals surface area (Å²) in [6, 6.07) is 6.59. The van der Waals surface area contributed by atoms with Gasteiger partial charge in [-0.1, -0.05) is 0 Å². The van der Waals surface area contributed by atoms with E-state index in [2.05, 4.69) is 45.3 Å². The van der Waals surface area contributed by atoms with Gasteiger partial charge in [0.05, 0.1) is 48.2 Å². The Balaban J connectivity index is 1.36. The summed E-state index contributed by atoms with van der Waals surface area (Å²) >= 11 is 1.77. The predicted molar refractivity (Wildman–Crippen MR) is 145 cm³/mol. The third-order valence-corrected chi connectivity index (χ3v) is 8.39. The van der Waals surface area contributed by atoms with Gasteiger partial charge in [0.15, 0.2) is 0 Å². The van der Waals surface area contributed by atoms with Crippen molar-refractivity contribution in [3.8, 4) is 11.1 Å². The van der Waals surface area contributed by atoms with E-state index in [1.807, 2.05) is 23.8 Å². The zero-order chi connectivity index (χ0) is 25.5. The summed E-state index contributed by atoms with van der Waals surface area (Å²) in [4.78, 5) is 17.6. The highest BCUT2D eigenvalue weighted by Gasteiger charge is 2.27. The minimum absolute atomic E-state index is 0.0931. The summed E-state index contributed by atoms with van der Waals surface area (Å²) in [5.74, 6) is 1.88. The summed E-state index contributed by atoms with van der Waals surface area (Å²) in [5, 5.41) is 19.5. The Morgan fingerprint density at radius 2 is 2.03 bits per heavy atom. The fourth-order valence-electron chi connectivity index (χ4n) is 5.58. The number of rotatable bonds is 7. The van der Waals surface area contributed by atoms with Crippen LogP contribution in [-0.2, 0) is 17.8 Å². The smallest absolute Gasteiger partial charge is 0.241 e. The molecule has 1 atom stereocenters. The maximum absolute atomic E-state index is 10.1. The molecule has 0 amide bonds.